The lowest BCUT2D eigenvalue weighted by molar-refractivity contribution is 0.414. The Hall–Kier alpha value is -3.59. The van der Waals surface area contributed by atoms with Crippen molar-refractivity contribution in [2.75, 3.05) is 24.3 Å². The lowest BCUT2D eigenvalue weighted by Crippen LogP contribution is -2.08. The molecular weight excluding hydrogens is 338 g/mol. The van der Waals surface area contributed by atoms with Gasteiger partial charge in [0.25, 0.3) is 0 Å². The predicted octanol–water partition coefficient (Wildman–Crippen LogP) is 4.06. The van der Waals surface area contributed by atoms with E-state index < -0.39 is 0 Å². The van der Waals surface area contributed by atoms with Crippen molar-refractivity contribution in [1.29, 1.82) is 5.26 Å². The van der Waals surface area contributed by atoms with Gasteiger partial charge in [0.2, 0.25) is 5.95 Å². The number of nitrogens with one attached hydrogen (secondary N) is 2. The summed E-state index contributed by atoms with van der Waals surface area (Å²) in [5, 5.41) is 15.4. The topological polar surface area (TPSA) is 82.9 Å². The third-order valence-electron chi connectivity index (χ3n) is 4.00. The van der Waals surface area contributed by atoms with Crippen molar-refractivity contribution >= 4 is 17.5 Å². The Balaban J connectivity index is 1.61. The highest BCUT2D eigenvalue weighted by Crippen LogP contribution is 2.17. The molecule has 6 nitrogen and oxygen atoms in total. The number of aromatic nitrogens is 2. The van der Waals surface area contributed by atoms with Gasteiger partial charge in [-0.3, -0.25) is 0 Å². The van der Waals surface area contributed by atoms with Crippen LogP contribution in [0.2, 0.25) is 0 Å². The molecule has 0 aliphatic rings. The van der Waals surface area contributed by atoms with Crippen molar-refractivity contribution in [2.45, 2.75) is 13.3 Å². The number of ether oxygens (including phenoxy) is 1. The summed E-state index contributed by atoms with van der Waals surface area (Å²) in [5.74, 6) is 2.15. The van der Waals surface area contributed by atoms with Gasteiger partial charge in [-0.15, -0.1) is 0 Å². The molecule has 2 aromatic carbocycles. The molecule has 0 aliphatic heterocycles. The molecule has 6 heteroatoms. The van der Waals surface area contributed by atoms with E-state index in [9.17, 15) is 0 Å². The van der Waals surface area contributed by atoms with Crippen LogP contribution in [-0.4, -0.2) is 23.6 Å². The van der Waals surface area contributed by atoms with Crippen LogP contribution in [0.5, 0.6) is 5.75 Å². The Bertz CT molecular complexity index is 930. The molecule has 2 N–H and O–H groups in total. The van der Waals surface area contributed by atoms with Crippen LogP contribution in [0.25, 0.3) is 0 Å². The first-order valence-corrected chi connectivity index (χ1v) is 8.66. The van der Waals surface area contributed by atoms with E-state index in [0.717, 1.165) is 35.9 Å². The number of nitriles is 1. The van der Waals surface area contributed by atoms with Crippen LogP contribution in [0.1, 0.15) is 16.8 Å². The van der Waals surface area contributed by atoms with Crippen LogP contribution in [0.15, 0.2) is 54.6 Å². The molecule has 0 bridgehead atoms. The molecule has 27 heavy (non-hydrogen) atoms. The lowest BCUT2D eigenvalue weighted by atomic mass is 10.1. The van der Waals surface area contributed by atoms with Crippen molar-refractivity contribution in [3.63, 3.8) is 0 Å². The minimum absolute atomic E-state index is 0.520. The zero-order valence-electron chi connectivity index (χ0n) is 15.4. The van der Waals surface area contributed by atoms with Crippen molar-refractivity contribution in [1.82, 2.24) is 9.97 Å². The highest BCUT2D eigenvalue weighted by atomic mass is 16.5. The molecule has 0 amide bonds. The summed E-state index contributed by atoms with van der Waals surface area (Å²) in [5.41, 5.74) is 3.55. The Morgan fingerprint density at radius 2 is 1.78 bits per heavy atom. The average Bonchev–Trinajstić information content (AvgIpc) is 2.69. The van der Waals surface area contributed by atoms with Gasteiger partial charge in [-0.05, 0) is 55.3 Å². The fraction of sp³-hybridized carbons (Fsp3) is 0.190. The molecule has 0 spiro atoms. The quantitative estimate of drug-likeness (QED) is 0.662. The van der Waals surface area contributed by atoms with Crippen molar-refractivity contribution in [2.24, 2.45) is 0 Å². The van der Waals surface area contributed by atoms with E-state index in [-0.39, 0.29) is 0 Å². The molecule has 0 unspecified atom stereocenters. The van der Waals surface area contributed by atoms with E-state index in [4.69, 9.17) is 10.00 Å². The molecule has 1 heterocycles. The van der Waals surface area contributed by atoms with Crippen molar-refractivity contribution in [3.8, 4) is 11.8 Å². The molecule has 0 fully saturated rings. The van der Waals surface area contributed by atoms with Gasteiger partial charge in [-0.1, -0.05) is 12.1 Å². The fourth-order valence-corrected chi connectivity index (χ4v) is 2.60. The van der Waals surface area contributed by atoms with E-state index in [2.05, 4.69) is 38.8 Å². The maximum atomic E-state index is 8.87. The van der Waals surface area contributed by atoms with Crippen LogP contribution in [0, 0.1) is 18.3 Å². The minimum Gasteiger partial charge on any atom is -0.497 e. The maximum absolute atomic E-state index is 8.87. The average molecular weight is 359 g/mol. The number of hydrogen-bond donors (Lipinski definition) is 2. The zero-order chi connectivity index (χ0) is 19.1. The predicted molar refractivity (Wildman–Crippen MR) is 106 cm³/mol. The first-order chi connectivity index (χ1) is 13.2. The van der Waals surface area contributed by atoms with E-state index >= 15 is 0 Å². The van der Waals surface area contributed by atoms with Crippen LogP contribution in [0.4, 0.5) is 17.5 Å². The standard InChI is InChI=1S/C21H21N5O/c1-15-13-20(23-12-11-16-5-9-19(27-2)10-6-16)26-21(24-15)25-18-7-3-17(14-22)4-8-18/h3-10,13H,11-12H2,1-2H3,(H2,23,24,25,26). The van der Waals surface area contributed by atoms with Crippen molar-refractivity contribution < 1.29 is 4.74 Å². The Labute approximate surface area is 158 Å². The van der Waals surface area contributed by atoms with Gasteiger partial charge in [0.05, 0.1) is 18.7 Å². The van der Waals surface area contributed by atoms with E-state index in [1.165, 1.54) is 5.56 Å². The molecule has 0 aliphatic carbocycles. The van der Waals surface area contributed by atoms with Gasteiger partial charge < -0.3 is 15.4 Å². The molecule has 3 aromatic rings. The van der Waals surface area contributed by atoms with Gasteiger partial charge in [0.15, 0.2) is 0 Å². The van der Waals surface area contributed by atoms with Crippen LogP contribution < -0.4 is 15.4 Å². The number of rotatable bonds is 7. The molecular formula is C21H21N5O. The van der Waals surface area contributed by atoms with Gasteiger partial charge in [0.1, 0.15) is 11.6 Å². The summed E-state index contributed by atoms with van der Waals surface area (Å²) in [6, 6.07) is 19.2. The van der Waals surface area contributed by atoms with Crippen LogP contribution in [0.3, 0.4) is 0 Å². The van der Waals surface area contributed by atoms with E-state index in [1.807, 2.05) is 37.3 Å². The summed E-state index contributed by atoms with van der Waals surface area (Å²) in [7, 11) is 1.66. The SMILES string of the molecule is COc1ccc(CCNc2cc(C)nc(Nc3ccc(C#N)cc3)n2)cc1. The fourth-order valence-electron chi connectivity index (χ4n) is 2.60. The lowest BCUT2D eigenvalue weighted by Gasteiger charge is -2.10. The van der Waals surface area contributed by atoms with Gasteiger partial charge >= 0.3 is 0 Å². The number of nitrogens with zero attached hydrogens (tertiary/aromatic N) is 3. The highest BCUT2D eigenvalue weighted by molar-refractivity contribution is 5.56. The number of benzene rings is 2. The molecule has 136 valence electrons. The second kappa shape index (κ2) is 8.68. The summed E-state index contributed by atoms with van der Waals surface area (Å²) >= 11 is 0. The normalized spacial score (nSPS) is 10.1. The van der Waals surface area contributed by atoms with Gasteiger partial charge in [0, 0.05) is 24.0 Å². The third-order valence-corrected chi connectivity index (χ3v) is 4.00. The van der Waals surface area contributed by atoms with Crippen LogP contribution >= 0.6 is 0 Å². The number of methoxy groups -OCH3 is 1. The summed E-state index contributed by atoms with van der Waals surface area (Å²) in [6.45, 7) is 2.69. The van der Waals surface area contributed by atoms with Crippen molar-refractivity contribution in [3.05, 3.63) is 71.4 Å². The Morgan fingerprint density at radius 1 is 1.04 bits per heavy atom. The van der Waals surface area contributed by atoms with Crippen LogP contribution in [-0.2, 0) is 6.42 Å². The van der Waals surface area contributed by atoms with E-state index in [0.29, 0.717) is 11.5 Å². The van der Waals surface area contributed by atoms with E-state index in [1.54, 1.807) is 19.2 Å². The number of aryl methyl sites for hydroxylation is 1. The number of anilines is 3. The molecule has 0 atom stereocenters. The molecule has 0 saturated carbocycles. The monoisotopic (exact) mass is 359 g/mol. The number of hydrogen-bond acceptors (Lipinski definition) is 6. The summed E-state index contributed by atoms with van der Waals surface area (Å²) < 4.78 is 5.18. The molecule has 0 saturated heterocycles. The molecule has 1 aromatic heterocycles. The largest absolute Gasteiger partial charge is 0.497 e. The first-order valence-electron chi connectivity index (χ1n) is 8.66. The first kappa shape index (κ1) is 18.2. The second-order valence-corrected chi connectivity index (χ2v) is 6.06. The summed E-state index contributed by atoms with van der Waals surface area (Å²) in [6.07, 6.45) is 0.880. The highest BCUT2D eigenvalue weighted by Gasteiger charge is 2.04. The third kappa shape index (κ3) is 5.19. The smallest absolute Gasteiger partial charge is 0.229 e. The molecule has 3 rings (SSSR count). The molecule has 0 radical (unpaired) electrons. The minimum atomic E-state index is 0.520. The second-order valence-electron chi connectivity index (χ2n) is 6.06. The Kier molecular flexibility index (Phi) is 5.85. The zero-order valence-corrected chi connectivity index (χ0v) is 15.4. The summed E-state index contributed by atoms with van der Waals surface area (Å²) in [4.78, 5) is 8.93. The Morgan fingerprint density at radius 3 is 2.44 bits per heavy atom. The van der Waals surface area contributed by atoms with Gasteiger partial charge in [-0.2, -0.15) is 10.2 Å². The maximum Gasteiger partial charge on any atom is 0.229 e. The van der Waals surface area contributed by atoms with Gasteiger partial charge in [-0.25, -0.2) is 4.98 Å².